The Morgan fingerprint density at radius 1 is 1.22 bits per heavy atom. The molecule has 1 aromatic heterocycles. The molecule has 7 nitrogen and oxygen atoms in total. The van der Waals surface area contributed by atoms with E-state index in [2.05, 4.69) is 9.72 Å². The number of nitrogens with zero attached hydrogens (tertiary/aromatic N) is 1. The molecule has 0 atom stereocenters. The Morgan fingerprint density at radius 3 is 2.43 bits per heavy atom. The summed E-state index contributed by atoms with van der Waals surface area (Å²) in [6, 6.07) is 5.50. The van der Waals surface area contributed by atoms with Gasteiger partial charge < -0.3 is 4.74 Å². The van der Waals surface area contributed by atoms with Crippen molar-refractivity contribution in [2.45, 2.75) is 18.7 Å². The van der Waals surface area contributed by atoms with Gasteiger partial charge in [-0.25, -0.2) is 22.9 Å². The van der Waals surface area contributed by atoms with E-state index in [1.165, 1.54) is 24.3 Å². The minimum atomic E-state index is -4.22. The van der Waals surface area contributed by atoms with Crippen molar-refractivity contribution in [2.24, 2.45) is 0 Å². The summed E-state index contributed by atoms with van der Waals surface area (Å²) in [7, 11) is -3.08. The zero-order chi connectivity index (χ0) is 17.2. The molecule has 0 aliphatic carbocycles. The Hall–Kier alpha value is -2.26. The summed E-state index contributed by atoms with van der Waals surface area (Å²) in [6.45, 7) is 3.34. The number of sulfonamides is 1. The van der Waals surface area contributed by atoms with E-state index in [9.17, 15) is 18.0 Å². The van der Waals surface area contributed by atoms with Crippen molar-refractivity contribution in [1.29, 1.82) is 0 Å². The molecule has 9 heteroatoms. The van der Waals surface area contributed by atoms with E-state index < -0.39 is 21.9 Å². The summed E-state index contributed by atoms with van der Waals surface area (Å²) in [5.41, 5.74) is 0.300. The lowest BCUT2D eigenvalue weighted by atomic mass is 10.2. The maximum Gasteiger partial charge on any atom is 0.339 e. The molecule has 1 heterocycles. The summed E-state index contributed by atoms with van der Waals surface area (Å²) >= 11 is 1.09. The van der Waals surface area contributed by atoms with E-state index >= 15 is 0 Å². The molecule has 0 spiro atoms. The minimum Gasteiger partial charge on any atom is -0.465 e. The van der Waals surface area contributed by atoms with Crippen LogP contribution in [-0.4, -0.2) is 32.4 Å². The van der Waals surface area contributed by atoms with Gasteiger partial charge in [-0.2, -0.15) is 0 Å². The smallest absolute Gasteiger partial charge is 0.339 e. The fourth-order valence-corrected chi connectivity index (χ4v) is 3.98. The van der Waals surface area contributed by atoms with Crippen LogP contribution in [0.25, 0.3) is 0 Å². The quantitative estimate of drug-likeness (QED) is 0.838. The number of hydrogen-bond donors (Lipinski definition) is 1. The summed E-state index contributed by atoms with van der Waals surface area (Å²) < 4.78 is 31.4. The van der Waals surface area contributed by atoms with Gasteiger partial charge >= 0.3 is 5.97 Å². The number of methoxy groups -OCH3 is 1. The SMILES string of the molecule is COC(=O)c1ccccc1S(=O)(=O)NC(=O)c1sc(C)nc1C. The lowest BCUT2D eigenvalue weighted by Gasteiger charge is -2.09. The highest BCUT2D eigenvalue weighted by molar-refractivity contribution is 7.90. The van der Waals surface area contributed by atoms with Crippen molar-refractivity contribution in [3.05, 3.63) is 45.4 Å². The Kier molecular flexibility index (Phi) is 4.81. The van der Waals surface area contributed by atoms with Gasteiger partial charge in [0.25, 0.3) is 15.9 Å². The lowest BCUT2D eigenvalue weighted by molar-refractivity contribution is 0.0596. The maximum atomic E-state index is 12.4. The van der Waals surface area contributed by atoms with Gasteiger partial charge in [0.05, 0.1) is 23.4 Å². The van der Waals surface area contributed by atoms with Crippen LogP contribution in [0.3, 0.4) is 0 Å². The molecule has 0 aliphatic heterocycles. The predicted octanol–water partition coefficient (Wildman–Crippen LogP) is 1.67. The van der Waals surface area contributed by atoms with E-state index in [1.807, 2.05) is 4.72 Å². The Labute approximate surface area is 137 Å². The molecule has 122 valence electrons. The third-order valence-electron chi connectivity index (χ3n) is 2.92. The predicted molar refractivity (Wildman–Crippen MR) is 84.0 cm³/mol. The summed E-state index contributed by atoms with van der Waals surface area (Å²) in [6.07, 6.45) is 0. The molecule has 23 heavy (non-hydrogen) atoms. The summed E-state index contributed by atoms with van der Waals surface area (Å²) in [4.78, 5) is 27.8. The normalized spacial score (nSPS) is 11.1. The first kappa shape index (κ1) is 17.1. The van der Waals surface area contributed by atoms with E-state index in [0.29, 0.717) is 10.7 Å². The van der Waals surface area contributed by atoms with Crippen molar-refractivity contribution < 1.29 is 22.7 Å². The first-order chi connectivity index (χ1) is 10.8. The number of esters is 1. The maximum absolute atomic E-state index is 12.4. The second-order valence-corrected chi connectivity index (χ2v) is 7.42. The molecule has 0 saturated carbocycles. The van der Waals surface area contributed by atoms with Crippen LogP contribution in [0.15, 0.2) is 29.2 Å². The highest BCUT2D eigenvalue weighted by atomic mass is 32.2. The Bertz CT molecular complexity index is 871. The topological polar surface area (TPSA) is 102 Å². The van der Waals surface area contributed by atoms with Gasteiger partial charge in [0.1, 0.15) is 9.77 Å². The number of benzene rings is 1. The van der Waals surface area contributed by atoms with Gasteiger partial charge in [-0.1, -0.05) is 12.1 Å². The van der Waals surface area contributed by atoms with Crippen LogP contribution in [0.4, 0.5) is 0 Å². The highest BCUT2D eigenvalue weighted by Gasteiger charge is 2.26. The van der Waals surface area contributed by atoms with Crippen LogP contribution < -0.4 is 4.72 Å². The minimum absolute atomic E-state index is 0.146. The molecule has 1 N–H and O–H groups in total. The molecule has 1 aromatic carbocycles. The third-order valence-corrected chi connectivity index (χ3v) is 5.38. The van der Waals surface area contributed by atoms with Crippen LogP contribution >= 0.6 is 11.3 Å². The van der Waals surface area contributed by atoms with Crippen LogP contribution in [0.1, 0.15) is 30.7 Å². The number of aromatic nitrogens is 1. The van der Waals surface area contributed by atoms with Gasteiger partial charge in [0.15, 0.2) is 0 Å². The number of aryl methyl sites for hydroxylation is 2. The molecule has 0 saturated heterocycles. The highest BCUT2D eigenvalue weighted by Crippen LogP contribution is 2.20. The average molecular weight is 354 g/mol. The van der Waals surface area contributed by atoms with Crippen LogP contribution in [0, 0.1) is 13.8 Å². The second-order valence-electron chi connectivity index (χ2n) is 4.57. The lowest BCUT2D eigenvalue weighted by Crippen LogP contribution is -2.31. The van der Waals surface area contributed by atoms with Gasteiger partial charge in [0.2, 0.25) is 0 Å². The molecular formula is C14H14N2O5S2. The summed E-state index contributed by atoms with van der Waals surface area (Å²) in [5.74, 6) is -1.59. The number of carbonyl (C=O) groups is 2. The number of carbonyl (C=O) groups excluding carboxylic acids is 2. The van der Waals surface area contributed by atoms with Gasteiger partial charge in [-0.15, -0.1) is 11.3 Å². The number of rotatable bonds is 4. The Morgan fingerprint density at radius 2 is 1.87 bits per heavy atom. The van der Waals surface area contributed by atoms with Crippen molar-refractivity contribution in [2.75, 3.05) is 7.11 Å². The van der Waals surface area contributed by atoms with Crippen molar-refractivity contribution in [1.82, 2.24) is 9.71 Å². The van der Waals surface area contributed by atoms with Crippen LogP contribution in [-0.2, 0) is 14.8 Å². The zero-order valence-corrected chi connectivity index (χ0v) is 14.2. The van der Waals surface area contributed by atoms with Crippen molar-refractivity contribution >= 4 is 33.2 Å². The molecule has 1 amide bonds. The molecule has 0 unspecified atom stereocenters. The molecule has 0 radical (unpaired) electrons. The fourth-order valence-electron chi connectivity index (χ4n) is 1.94. The van der Waals surface area contributed by atoms with Gasteiger partial charge in [-0.05, 0) is 26.0 Å². The number of nitrogens with one attached hydrogen (secondary N) is 1. The number of thiazole rings is 1. The van der Waals surface area contributed by atoms with E-state index in [0.717, 1.165) is 18.4 Å². The molecule has 0 bridgehead atoms. The van der Waals surface area contributed by atoms with Crippen molar-refractivity contribution in [3.63, 3.8) is 0 Å². The van der Waals surface area contributed by atoms with Gasteiger partial charge in [0, 0.05) is 0 Å². The fraction of sp³-hybridized carbons (Fsp3) is 0.214. The molecule has 0 fully saturated rings. The number of amides is 1. The van der Waals surface area contributed by atoms with E-state index in [-0.39, 0.29) is 15.3 Å². The van der Waals surface area contributed by atoms with Crippen LogP contribution in [0.5, 0.6) is 0 Å². The molecule has 2 aromatic rings. The Balaban J connectivity index is 2.38. The second kappa shape index (κ2) is 6.47. The molecule has 2 rings (SSSR count). The number of ether oxygens (including phenoxy) is 1. The monoisotopic (exact) mass is 354 g/mol. The first-order valence-corrected chi connectivity index (χ1v) is 8.74. The molecular weight excluding hydrogens is 340 g/mol. The van der Waals surface area contributed by atoms with Gasteiger partial charge in [-0.3, -0.25) is 4.79 Å². The molecule has 0 aliphatic rings. The summed E-state index contributed by atoms with van der Waals surface area (Å²) in [5, 5.41) is 0.653. The van der Waals surface area contributed by atoms with E-state index in [1.54, 1.807) is 13.8 Å². The van der Waals surface area contributed by atoms with E-state index in [4.69, 9.17) is 0 Å². The standard InChI is InChI=1S/C14H14N2O5S2/c1-8-12(22-9(2)15-8)13(17)16-23(19,20)11-7-5-4-6-10(11)14(18)21-3/h4-7H,1-3H3,(H,16,17). The van der Waals surface area contributed by atoms with Crippen LogP contribution in [0.2, 0.25) is 0 Å². The third kappa shape index (κ3) is 3.57. The van der Waals surface area contributed by atoms with Crippen molar-refractivity contribution in [3.8, 4) is 0 Å². The zero-order valence-electron chi connectivity index (χ0n) is 12.6. The largest absolute Gasteiger partial charge is 0.465 e. The number of hydrogen-bond acceptors (Lipinski definition) is 7. The average Bonchev–Trinajstić information content (AvgIpc) is 2.85. The first-order valence-electron chi connectivity index (χ1n) is 6.45.